The van der Waals surface area contributed by atoms with E-state index >= 15 is 0 Å². The summed E-state index contributed by atoms with van der Waals surface area (Å²) in [5.41, 5.74) is 3.20. The fourth-order valence-corrected chi connectivity index (χ4v) is 4.47. The molecular weight excluding hydrogens is 354 g/mol. The maximum absolute atomic E-state index is 14.8. The van der Waals surface area contributed by atoms with Crippen LogP contribution in [0.1, 0.15) is 18.9 Å². The van der Waals surface area contributed by atoms with Gasteiger partial charge in [-0.05, 0) is 40.8 Å². The Morgan fingerprint density at radius 1 is 0.704 bits per heavy atom. The predicted molar refractivity (Wildman–Crippen MR) is 114 cm³/mol. The summed E-state index contributed by atoms with van der Waals surface area (Å²) in [7, 11) is -1.39. The van der Waals surface area contributed by atoms with Crippen molar-refractivity contribution in [2.24, 2.45) is 0 Å². The Morgan fingerprint density at radius 3 is 1.70 bits per heavy atom. The number of hydrogen-bond donors (Lipinski definition) is 0. The smallest absolute Gasteiger partial charge is 0.134 e. The summed E-state index contributed by atoms with van der Waals surface area (Å²) in [6, 6.07) is 18.4. The van der Waals surface area contributed by atoms with Gasteiger partial charge in [-0.2, -0.15) is 0 Å². The molecule has 0 amide bonds. The zero-order valence-corrected chi connectivity index (χ0v) is 17.4. The van der Waals surface area contributed by atoms with Gasteiger partial charge in [-0.15, -0.1) is 0 Å². The minimum Gasteiger partial charge on any atom is -0.206 e. The molecule has 3 heteroatoms. The van der Waals surface area contributed by atoms with E-state index in [-0.39, 0.29) is 5.56 Å². The average Bonchev–Trinajstić information content (AvgIpc) is 2.62. The van der Waals surface area contributed by atoms with Gasteiger partial charge in [0, 0.05) is 0 Å². The number of hydrogen-bond acceptors (Lipinski definition) is 0. The van der Waals surface area contributed by atoms with E-state index in [0.717, 1.165) is 18.4 Å². The van der Waals surface area contributed by atoms with Crippen molar-refractivity contribution in [3.05, 3.63) is 77.9 Å². The molecule has 0 nitrogen and oxygen atoms in total. The Morgan fingerprint density at radius 2 is 1.22 bits per heavy atom. The molecule has 0 unspecified atom stereocenters. The van der Waals surface area contributed by atoms with Gasteiger partial charge in [0.15, 0.2) is 0 Å². The Kier molecular flexibility index (Phi) is 5.61. The highest BCUT2D eigenvalue weighted by Crippen LogP contribution is 2.31. The highest BCUT2D eigenvalue weighted by molar-refractivity contribution is 6.88. The van der Waals surface area contributed by atoms with E-state index in [1.165, 1.54) is 22.9 Å². The molecule has 0 N–H and O–H groups in total. The van der Waals surface area contributed by atoms with Crippen molar-refractivity contribution < 1.29 is 8.78 Å². The second-order valence-corrected chi connectivity index (χ2v) is 13.2. The van der Waals surface area contributed by atoms with Gasteiger partial charge in [0.1, 0.15) is 11.6 Å². The maximum Gasteiger partial charge on any atom is 0.134 e. The molecule has 3 aromatic carbocycles. The minimum atomic E-state index is -1.39. The average molecular weight is 381 g/mol. The van der Waals surface area contributed by atoms with Crippen molar-refractivity contribution in [3.63, 3.8) is 0 Å². The van der Waals surface area contributed by atoms with Crippen LogP contribution in [0, 0.1) is 11.6 Å². The van der Waals surface area contributed by atoms with Crippen molar-refractivity contribution in [1.82, 2.24) is 0 Å². The van der Waals surface area contributed by atoms with Gasteiger partial charge in [0.25, 0.3) is 0 Å². The highest BCUT2D eigenvalue weighted by atomic mass is 28.3. The lowest BCUT2D eigenvalue weighted by molar-refractivity contribution is 0.590. The standard InChI is InChI=1S/C24H26F2Si/c1-5-6-17-7-9-19(10-8-17)24-22(25)15-20(16-23(24)26)18-11-13-21(14-12-18)27(2,3)4/h7-16H,5-6H2,1-4H3. The molecule has 0 aliphatic heterocycles. The summed E-state index contributed by atoms with van der Waals surface area (Å²) in [6.45, 7) is 8.95. The summed E-state index contributed by atoms with van der Waals surface area (Å²) in [5, 5.41) is 1.33. The molecule has 140 valence electrons. The van der Waals surface area contributed by atoms with Crippen LogP contribution in [0.2, 0.25) is 19.6 Å². The van der Waals surface area contributed by atoms with Gasteiger partial charge < -0.3 is 0 Å². The van der Waals surface area contributed by atoms with Crippen molar-refractivity contribution in [2.75, 3.05) is 0 Å². The molecule has 0 atom stereocenters. The number of halogens is 2. The largest absolute Gasteiger partial charge is 0.206 e. The van der Waals surface area contributed by atoms with Gasteiger partial charge in [-0.1, -0.05) is 86.7 Å². The Labute approximate surface area is 161 Å². The Balaban J connectivity index is 1.95. The zero-order chi connectivity index (χ0) is 19.6. The minimum absolute atomic E-state index is 0.0421. The maximum atomic E-state index is 14.8. The van der Waals surface area contributed by atoms with Crippen LogP contribution < -0.4 is 5.19 Å². The molecule has 3 aromatic rings. The first-order valence-corrected chi connectivity index (χ1v) is 13.0. The van der Waals surface area contributed by atoms with E-state index in [0.29, 0.717) is 11.1 Å². The second kappa shape index (κ2) is 7.77. The van der Waals surface area contributed by atoms with Gasteiger partial charge in [-0.3, -0.25) is 0 Å². The van der Waals surface area contributed by atoms with E-state index in [9.17, 15) is 8.78 Å². The van der Waals surface area contributed by atoms with Crippen LogP contribution in [0.3, 0.4) is 0 Å². The van der Waals surface area contributed by atoms with Crippen molar-refractivity contribution in [3.8, 4) is 22.3 Å². The van der Waals surface area contributed by atoms with Crippen molar-refractivity contribution >= 4 is 13.3 Å². The van der Waals surface area contributed by atoms with Gasteiger partial charge >= 0.3 is 0 Å². The quantitative estimate of drug-likeness (QED) is 0.427. The molecule has 27 heavy (non-hydrogen) atoms. The fourth-order valence-electron chi connectivity index (χ4n) is 3.31. The third kappa shape index (κ3) is 4.36. The molecule has 0 aliphatic rings. The van der Waals surface area contributed by atoms with E-state index in [2.05, 4.69) is 38.7 Å². The molecule has 0 heterocycles. The fraction of sp³-hybridized carbons (Fsp3) is 0.250. The highest BCUT2D eigenvalue weighted by Gasteiger charge is 2.17. The molecule has 0 saturated heterocycles. The third-order valence-electron chi connectivity index (χ3n) is 4.91. The molecule has 0 aromatic heterocycles. The normalized spacial score (nSPS) is 11.6. The molecule has 0 bridgehead atoms. The van der Waals surface area contributed by atoms with Crippen LogP contribution in [0.25, 0.3) is 22.3 Å². The molecule has 0 fully saturated rings. The molecule has 3 rings (SSSR count). The van der Waals surface area contributed by atoms with Gasteiger partial charge in [0.05, 0.1) is 13.6 Å². The summed E-state index contributed by atoms with van der Waals surface area (Å²) in [6.07, 6.45) is 2.02. The van der Waals surface area contributed by atoms with Crippen LogP contribution in [0.15, 0.2) is 60.7 Å². The van der Waals surface area contributed by atoms with Gasteiger partial charge in [0.2, 0.25) is 0 Å². The van der Waals surface area contributed by atoms with E-state index in [4.69, 9.17) is 0 Å². The number of aryl methyl sites for hydroxylation is 1. The lowest BCUT2D eigenvalue weighted by atomic mass is 9.97. The Hall–Kier alpha value is -2.26. The number of rotatable bonds is 5. The van der Waals surface area contributed by atoms with Crippen molar-refractivity contribution in [1.29, 1.82) is 0 Å². The van der Waals surface area contributed by atoms with Crippen LogP contribution in [-0.2, 0) is 6.42 Å². The first kappa shape index (κ1) is 19.5. The van der Waals surface area contributed by atoms with E-state index in [1.54, 1.807) is 12.1 Å². The summed E-state index contributed by atoms with van der Waals surface area (Å²) < 4.78 is 29.5. The molecular formula is C24H26F2Si. The summed E-state index contributed by atoms with van der Waals surface area (Å²) in [5.74, 6) is -1.05. The molecule has 0 saturated carbocycles. The first-order valence-electron chi connectivity index (χ1n) is 9.49. The van der Waals surface area contributed by atoms with Crippen LogP contribution in [0.5, 0.6) is 0 Å². The zero-order valence-electron chi connectivity index (χ0n) is 16.4. The number of benzene rings is 3. The second-order valence-electron chi connectivity index (χ2n) is 8.09. The molecule has 0 spiro atoms. The van der Waals surface area contributed by atoms with E-state index in [1.807, 2.05) is 24.3 Å². The third-order valence-corrected chi connectivity index (χ3v) is 6.97. The lowest BCUT2D eigenvalue weighted by Crippen LogP contribution is -2.37. The SMILES string of the molecule is CCCc1ccc(-c2c(F)cc(-c3ccc([Si](C)(C)C)cc3)cc2F)cc1. The monoisotopic (exact) mass is 380 g/mol. The summed E-state index contributed by atoms with van der Waals surface area (Å²) >= 11 is 0. The van der Waals surface area contributed by atoms with Crippen LogP contribution in [-0.4, -0.2) is 8.07 Å². The van der Waals surface area contributed by atoms with Crippen LogP contribution in [0.4, 0.5) is 8.78 Å². The first-order chi connectivity index (χ1) is 12.8. The predicted octanol–water partition coefficient (Wildman–Crippen LogP) is 6.80. The lowest BCUT2D eigenvalue weighted by Gasteiger charge is -2.17. The Bertz CT molecular complexity index is 897. The van der Waals surface area contributed by atoms with Crippen molar-refractivity contribution in [2.45, 2.75) is 39.4 Å². The van der Waals surface area contributed by atoms with Crippen LogP contribution >= 0.6 is 0 Å². The summed E-state index contributed by atoms with van der Waals surface area (Å²) in [4.78, 5) is 0. The molecule has 0 aliphatic carbocycles. The molecule has 0 radical (unpaired) electrons. The topological polar surface area (TPSA) is 0 Å². The van der Waals surface area contributed by atoms with Gasteiger partial charge in [-0.25, -0.2) is 8.78 Å². The van der Waals surface area contributed by atoms with E-state index < -0.39 is 19.7 Å².